The van der Waals surface area contributed by atoms with Crippen LogP contribution in [0.5, 0.6) is 0 Å². The van der Waals surface area contributed by atoms with E-state index >= 15 is 0 Å². The highest BCUT2D eigenvalue weighted by Gasteiger charge is 2.37. The fourth-order valence-corrected chi connectivity index (χ4v) is 6.16. The average molecular weight is 422 g/mol. The molecular formula is C18H19N3O5S2. The monoisotopic (exact) mass is 421 g/mol. The summed E-state index contributed by atoms with van der Waals surface area (Å²) in [4.78, 5) is 17.0. The van der Waals surface area contributed by atoms with Crippen LogP contribution in [0.3, 0.4) is 0 Å². The van der Waals surface area contributed by atoms with Crippen LogP contribution in [0.1, 0.15) is 39.7 Å². The number of fused-ring (bicyclic) bond motifs is 3. The molecule has 1 aliphatic heterocycles. The van der Waals surface area contributed by atoms with E-state index in [-0.39, 0.29) is 17.6 Å². The molecule has 2 aliphatic carbocycles. The number of ether oxygens (including phenoxy) is 1. The molecule has 28 heavy (non-hydrogen) atoms. The first-order valence-corrected chi connectivity index (χ1v) is 11.4. The van der Waals surface area contributed by atoms with Crippen LogP contribution in [0, 0.1) is 0 Å². The summed E-state index contributed by atoms with van der Waals surface area (Å²) < 4.78 is 32.3. The third kappa shape index (κ3) is 2.74. The first kappa shape index (κ1) is 18.0. The SMILES string of the molecule is CC1(O)COCc2nc(S(=O)(=O)NC(=O)Nc3c4c(cc5c3CC5)CC4)sc21. The molecule has 3 aliphatic rings. The molecule has 2 aromatic rings. The van der Waals surface area contributed by atoms with E-state index in [2.05, 4.69) is 16.4 Å². The molecule has 0 fully saturated rings. The number of nitrogens with zero attached hydrogens (tertiary/aromatic N) is 1. The van der Waals surface area contributed by atoms with Crippen molar-refractivity contribution in [1.29, 1.82) is 0 Å². The lowest BCUT2D eigenvalue weighted by molar-refractivity contribution is -0.0586. The van der Waals surface area contributed by atoms with E-state index in [1.54, 1.807) is 6.92 Å². The number of hydrogen-bond acceptors (Lipinski definition) is 7. The maximum Gasteiger partial charge on any atom is 0.333 e. The third-order valence-corrected chi connectivity index (χ3v) is 8.56. The largest absolute Gasteiger partial charge is 0.382 e. The standard InChI is InChI=1S/C18H19N3O5S2/c1-18(23)8-26-7-13-15(18)27-17(19-13)28(24,25)21-16(22)20-14-11-4-2-9(11)6-10-3-5-12(10)14/h6,23H,2-5,7-8H2,1H3,(H2,20,21,22). The topological polar surface area (TPSA) is 118 Å². The Hall–Kier alpha value is -2.01. The Morgan fingerprint density at radius 2 is 1.93 bits per heavy atom. The molecule has 1 atom stereocenters. The number of carbonyl (C=O) groups is 1. The molecule has 2 heterocycles. The van der Waals surface area contributed by atoms with Crippen molar-refractivity contribution in [3.63, 3.8) is 0 Å². The van der Waals surface area contributed by atoms with Crippen molar-refractivity contribution in [2.24, 2.45) is 0 Å². The lowest BCUT2D eigenvalue weighted by Crippen LogP contribution is -2.36. The van der Waals surface area contributed by atoms with Gasteiger partial charge in [0.05, 0.1) is 23.8 Å². The molecule has 0 spiro atoms. The lowest BCUT2D eigenvalue weighted by atomic mass is 9.76. The van der Waals surface area contributed by atoms with Crippen molar-refractivity contribution in [1.82, 2.24) is 9.71 Å². The predicted molar refractivity (Wildman–Crippen MR) is 102 cm³/mol. The number of aliphatic hydroxyl groups is 1. The van der Waals surface area contributed by atoms with E-state index < -0.39 is 21.7 Å². The van der Waals surface area contributed by atoms with Crippen molar-refractivity contribution >= 4 is 33.1 Å². The van der Waals surface area contributed by atoms with Gasteiger partial charge in [0.1, 0.15) is 5.60 Å². The van der Waals surface area contributed by atoms with Gasteiger partial charge >= 0.3 is 6.03 Å². The van der Waals surface area contributed by atoms with Crippen molar-refractivity contribution in [3.8, 4) is 0 Å². The van der Waals surface area contributed by atoms with Crippen LogP contribution in [0.25, 0.3) is 0 Å². The van der Waals surface area contributed by atoms with E-state index in [1.807, 2.05) is 4.72 Å². The number of aryl methyl sites for hydroxylation is 2. The normalized spacial score (nSPS) is 22.2. The summed E-state index contributed by atoms with van der Waals surface area (Å²) in [6.07, 6.45) is 3.76. The van der Waals surface area contributed by atoms with Gasteiger partial charge in [-0.15, -0.1) is 11.3 Å². The number of hydrogen-bond donors (Lipinski definition) is 3. The minimum atomic E-state index is -4.16. The number of thiazole rings is 1. The number of benzene rings is 1. The summed E-state index contributed by atoms with van der Waals surface area (Å²) in [5.74, 6) is 0. The second-order valence-corrected chi connectivity index (χ2v) is 10.5. The molecule has 0 saturated carbocycles. The van der Waals surface area contributed by atoms with Gasteiger partial charge in [-0.25, -0.2) is 14.5 Å². The Labute approximate surface area is 166 Å². The molecule has 0 saturated heterocycles. The Morgan fingerprint density at radius 3 is 2.50 bits per heavy atom. The Kier molecular flexibility index (Phi) is 3.86. The quantitative estimate of drug-likeness (QED) is 0.693. The Morgan fingerprint density at radius 1 is 1.25 bits per heavy atom. The number of amides is 2. The number of sulfonamides is 1. The minimum absolute atomic E-state index is 0.0693. The van der Waals surface area contributed by atoms with Crippen LogP contribution < -0.4 is 10.0 Å². The second kappa shape index (κ2) is 5.99. The van der Waals surface area contributed by atoms with Gasteiger partial charge in [0.2, 0.25) is 4.34 Å². The Balaban J connectivity index is 1.38. The zero-order valence-corrected chi connectivity index (χ0v) is 16.8. The van der Waals surface area contributed by atoms with Crippen LogP contribution in [-0.2, 0) is 52.7 Å². The van der Waals surface area contributed by atoms with Gasteiger partial charge in [0.25, 0.3) is 10.0 Å². The van der Waals surface area contributed by atoms with E-state index in [0.29, 0.717) is 10.6 Å². The summed E-state index contributed by atoms with van der Waals surface area (Å²) in [6, 6.07) is 1.39. The van der Waals surface area contributed by atoms with E-state index in [1.165, 1.54) is 11.1 Å². The Bertz CT molecular complexity index is 1090. The summed E-state index contributed by atoms with van der Waals surface area (Å²) >= 11 is 0.859. The molecule has 1 aromatic heterocycles. The molecule has 0 bridgehead atoms. The van der Waals surface area contributed by atoms with Crippen molar-refractivity contribution in [3.05, 3.63) is 38.9 Å². The smallest absolute Gasteiger partial charge is 0.333 e. The zero-order chi connectivity index (χ0) is 19.7. The van der Waals surface area contributed by atoms with Crippen molar-refractivity contribution in [2.75, 3.05) is 11.9 Å². The number of anilines is 1. The maximum absolute atomic E-state index is 12.6. The first-order chi connectivity index (χ1) is 13.2. The number of urea groups is 1. The highest BCUT2D eigenvalue weighted by molar-refractivity contribution is 7.92. The van der Waals surface area contributed by atoms with Crippen LogP contribution in [0.2, 0.25) is 0 Å². The van der Waals surface area contributed by atoms with Gasteiger partial charge in [0.15, 0.2) is 0 Å². The second-order valence-electron chi connectivity index (χ2n) is 7.61. The number of rotatable bonds is 3. The van der Waals surface area contributed by atoms with Crippen LogP contribution >= 0.6 is 11.3 Å². The molecule has 148 valence electrons. The van der Waals surface area contributed by atoms with Crippen LogP contribution in [0.15, 0.2) is 10.4 Å². The highest BCUT2D eigenvalue weighted by Crippen LogP contribution is 2.41. The van der Waals surface area contributed by atoms with E-state index in [9.17, 15) is 18.3 Å². The van der Waals surface area contributed by atoms with Crippen molar-refractivity contribution in [2.45, 2.75) is 49.2 Å². The van der Waals surface area contributed by atoms with E-state index in [4.69, 9.17) is 4.74 Å². The molecule has 10 heteroatoms. The summed E-state index contributed by atoms with van der Waals surface area (Å²) in [5, 5.41) is 13.1. The van der Waals surface area contributed by atoms with Gasteiger partial charge in [-0.3, -0.25) is 0 Å². The van der Waals surface area contributed by atoms with Gasteiger partial charge in [-0.2, -0.15) is 8.42 Å². The van der Waals surface area contributed by atoms with Gasteiger partial charge < -0.3 is 15.2 Å². The fourth-order valence-electron chi connectivity index (χ4n) is 3.90. The molecular weight excluding hydrogens is 402 g/mol. The van der Waals surface area contributed by atoms with Gasteiger partial charge in [-0.1, -0.05) is 6.07 Å². The predicted octanol–water partition coefficient (Wildman–Crippen LogP) is 1.59. The molecule has 5 rings (SSSR count). The summed E-state index contributed by atoms with van der Waals surface area (Å²) in [6.45, 7) is 1.75. The van der Waals surface area contributed by atoms with Crippen LogP contribution in [-0.4, -0.2) is 31.1 Å². The fraction of sp³-hybridized carbons (Fsp3) is 0.444. The maximum atomic E-state index is 12.6. The first-order valence-electron chi connectivity index (χ1n) is 9.05. The number of nitrogens with one attached hydrogen (secondary N) is 2. The lowest BCUT2D eigenvalue weighted by Gasteiger charge is -2.32. The highest BCUT2D eigenvalue weighted by atomic mass is 32.2. The number of aromatic nitrogens is 1. The van der Waals surface area contributed by atoms with Gasteiger partial charge in [0, 0.05) is 5.69 Å². The van der Waals surface area contributed by atoms with E-state index in [0.717, 1.165) is 53.8 Å². The summed E-state index contributed by atoms with van der Waals surface area (Å²) in [5.41, 5.74) is 4.50. The van der Waals surface area contributed by atoms with Crippen molar-refractivity contribution < 1.29 is 23.1 Å². The molecule has 1 aromatic carbocycles. The number of carbonyl (C=O) groups excluding carboxylic acids is 1. The average Bonchev–Trinajstić information content (AvgIpc) is 2.98. The van der Waals surface area contributed by atoms with Gasteiger partial charge in [-0.05, 0) is 54.9 Å². The summed E-state index contributed by atoms with van der Waals surface area (Å²) in [7, 11) is -4.16. The molecule has 2 amide bonds. The molecule has 8 nitrogen and oxygen atoms in total. The molecule has 1 unspecified atom stereocenters. The minimum Gasteiger partial charge on any atom is -0.382 e. The molecule has 3 N–H and O–H groups in total. The van der Waals surface area contributed by atoms with Crippen LogP contribution in [0.4, 0.5) is 10.5 Å². The third-order valence-electron chi connectivity index (χ3n) is 5.50. The zero-order valence-electron chi connectivity index (χ0n) is 15.2. The molecule has 0 radical (unpaired) electrons.